The lowest BCUT2D eigenvalue weighted by atomic mass is 10.4. The van der Waals surface area contributed by atoms with E-state index in [0.717, 1.165) is 11.3 Å². The largest absolute Gasteiger partial charge is 0.368 e. The Balaban J connectivity index is 2.77. The minimum atomic E-state index is 0.250. The smallest absolute Gasteiger partial charge is 0.224 e. The predicted molar refractivity (Wildman–Crippen MR) is 50.4 cm³/mol. The van der Waals surface area contributed by atoms with Gasteiger partial charge in [-0.3, -0.25) is 0 Å². The van der Waals surface area contributed by atoms with Gasteiger partial charge in [0.15, 0.2) is 17.0 Å². The van der Waals surface area contributed by atoms with Gasteiger partial charge in [-0.25, -0.2) is 4.98 Å². The van der Waals surface area contributed by atoms with Gasteiger partial charge in [0.2, 0.25) is 5.95 Å². The molecule has 3 N–H and O–H groups in total. The van der Waals surface area contributed by atoms with Crippen LogP contribution < -0.4 is 10.6 Å². The van der Waals surface area contributed by atoms with E-state index >= 15 is 0 Å². The van der Waals surface area contributed by atoms with Gasteiger partial charge in [0.1, 0.15) is 0 Å². The molecule has 0 aromatic carbocycles. The number of nitrogen functional groups attached to an aromatic ring is 1. The Kier molecular flexibility index (Phi) is 1.54. The number of aromatic nitrogens is 4. The Hall–Kier alpha value is -1.85. The lowest BCUT2D eigenvalue weighted by molar-refractivity contribution is 1.06. The summed E-state index contributed by atoms with van der Waals surface area (Å²) >= 11 is 0. The summed E-state index contributed by atoms with van der Waals surface area (Å²) in [6.07, 6.45) is 1.58. The van der Waals surface area contributed by atoms with Crippen LogP contribution in [0, 0.1) is 0 Å². The van der Waals surface area contributed by atoms with Crippen LogP contribution in [0.3, 0.4) is 0 Å². The summed E-state index contributed by atoms with van der Waals surface area (Å²) in [5, 5.41) is 0. The second kappa shape index (κ2) is 2.58. The summed E-state index contributed by atoms with van der Waals surface area (Å²) in [4.78, 5) is 16.9. The molecule has 2 rings (SSSR count). The van der Waals surface area contributed by atoms with Crippen LogP contribution in [0.1, 0.15) is 0 Å². The number of rotatable bonds is 1. The van der Waals surface area contributed by atoms with Gasteiger partial charge in [-0.05, 0) is 0 Å². The second-order valence-corrected chi connectivity index (χ2v) is 2.90. The molecule has 2 heterocycles. The van der Waals surface area contributed by atoms with Crippen LogP contribution >= 0.6 is 0 Å². The third kappa shape index (κ3) is 1.16. The van der Waals surface area contributed by atoms with Crippen molar-refractivity contribution in [3.05, 3.63) is 6.33 Å². The number of hydrogen-bond donors (Lipinski definition) is 2. The fraction of sp³-hybridized carbons (Fsp3) is 0.286. The highest BCUT2D eigenvalue weighted by atomic mass is 15.2. The third-order valence-corrected chi connectivity index (χ3v) is 1.70. The molecule has 6 heteroatoms. The first-order chi connectivity index (χ1) is 6.18. The topological polar surface area (TPSA) is 83.7 Å². The Bertz CT molecular complexity index is 431. The molecule has 0 amide bonds. The molecule has 0 saturated heterocycles. The highest BCUT2D eigenvalue weighted by Gasteiger charge is 2.09. The van der Waals surface area contributed by atoms with Crippen molar-refractivity contribution in [3.8, 4) is 0 Å². The van der Waals surface area contributed by atoms with Crippen molar-refractivity contribution >= 4 is 22.9 Å². The summed E-state index contributed by atoms with van der Waals surface area (Å²) in [6.45, 7) is 0. The number of fused-ring (bicyclic) bond motifs is 1. The molecule has 0 fully saturated rings. The van der Waals surface area contributed by atoms with Crippen molar-refractivity contribution in [3.63, 3.8) is 0 Å². The Morgan fingerprint density at radius 2 is 2.15 bits per heavy atom. The van der Waals surface area contributed by atoms with Crippen LogP contribution in [-0.2, 0) is 0 Å². The summed E-state index contributed by atoms with van der Waals surface area (Å²) in [5.41, 5.74) is 6.92. The minimum absolute atomic E-state index is 0.250. The zero-order valence-corrected chi connectivity index (χ0v) is 7.44. The summed E-state index contributed by atoms with van der Waals surface area (Å²) in [5.74, 6) is 0.976. The maximum Gasteiger partial charge on any atom is 0.224 e. The standard InChI is InChI=1S/C7H10N6/c1-13(2)6-4-5(10-3-9-4)11-7(8)12-6/h3H,1-2H3,(H3,8,9,10,11,12). The van der Waals surface area contributed by atoms with Gasteiger partial charge in [-0.1, -0.05) is 0 Å². The molecule has 2 aromatic rings. The average molecular weight is 178 g/mol. The Labute approximate surface area is 74.8 Å². The van der Waals surface area contributed by atoms with E-state index in [2.05, 4.69) is 19.9 Å². The normalized spacial score (nSPS) is 10.6. The molecular weight excluding hydrogens is 168 g/mol. The lowest BCUT2D eigenvalue weighted by Gasteiger charge is -2.11. The monoisotopic (exact) mass is 178 g/mol. The molecule has 0 radical (unpaired) electrons. The molecule has 0 spiro atoms. The van der Waals surface area contributed by atoms with Crippen molar-refractivity contribution in [1.29, 1.82) is 0 Å². The number of imidazole rings is 1. The predicted octanol–water partition coefficient (Wildman–Crippen LogP) is 0.00110. The van der Waals surface area contributed by atoms with Crippen LogP contribution in [0.15, 0.2) is 6.33 Å². The zero-order valence-electron chi connectivity index (χ0n) is 7.44. The molecule has 0 aliphatic heterocycles. The molecule has 13 heavy (non-hydrogen) atoms. The van der Waals surface area contributed by atoms with Crippen LogP contribution in [0.4, 0.5) is 11.8 Å². The van der Waals surface area contributed by atoms with Crippen molar-refractivity contribution in [2.24, 2.45) is 0 Å². The van der Waals surface area contributed by atoms with Crippen molar-refractivity contribution in [2.45, 2.75) is 0 Å². The molecule has 0 bridgehead atoms. The van der Waals surface area contributed by atoms with E-state index < -0.39 is 0 Å². The van der Waals surface area contributed by atoms with Crippen molar-refractivity contribution in [2.75, 3.05) is 24.7 Å². The second-order valence-electron chi connectivity index (χ2n) is 2.90. The lowest BCUT2D eigenvalue weighted by Crippen LogP contribution is -2.13. The first-order valence-electron chi connectivity index (χ1n) is 3.82. The van der Waals surface area contributed by atoms with E-state index in [1.54, 1.807) is 6.33 Å². The Morgan fingerprint density at radius 3 is 2.85 bits per heavy atom. The molecule has 2 aromatic heterocycles. The van der Waals surface area contributed by atoms with E-state index in [4.69, 9.17) is 5.73 Å². The molecule has 0 aliphatic rings. The summed E-state index contributed by atoms with van der Waals surface area (Å²) in [7, 11) is 3.77. The van der Waals surface area contributed by atoms with E-state index in [1.807, 2.05) is 19.0 Å². The van der Waals surface area contributed by atoms with Crippen LogP contribution in [-0.4, -0.2) is 34.0 Å². The molecular formula is C7H10N6. The molecule has 0 atom stereocenters. The molecule has 0 aliphatic carbocycles. The van der Waals surface area contributed by atoms with Gasteiger partial charge >= 0.3 is 0 Å². The van der Waals surface area contributed by atoms with Gasteiger partial charge in [-0.15, -0.1) is 0 Å². The van der Waals surface area contributed by atoms with E-state index in [9.17, 15) is 0 Å². The SMILES string of the molecule is CN(C)c1nc(N)nc2[nH]cnc12. The number of H-pyrrole nitrogens is 1. The number of aromatic amines is 1. The van der Waals surface area contributed by atoms with E-state index in [0.29, 0.717) is 5.65 Å². The quantitative estimate of drug-likeness (QED) is 0.642. The van der Waals surface area contributed by atoms with Crippen LogP contribution in [0.25, 0.3) is 11.2 Å². The van der Waals surface area contributed by atoms with Gasteiger partial charge < -0.3 is 15.6 Å². The maximum atomic E-state index is 5.52. The number of anilines is 2. The number of nitrogens with one attached hydrogen (secondary N) is 1. The van der Waals surface area contributed by atoms with Gasteiger partial charge in [0, 0.05) is 14.1 Å². The van der Waals surface area contributed by atoms with Gasteiger partial charge in [0.05, 0.1) is 6.33 Å². The van der Waals surface area contributed by atoms with E-state index in [-0.39, 0.29) is 5.95 Å². The highest BCUT2D eigenvalue weighted by molar-refractivity contribution is 5.83. The average Bonchev–Trinajstić information content (AvgIpc) is 2.49. The number of nitrogens with zero attached hydrogens (tertiary/aromatic N) is 4. The minimum Gasteiger partial charge on any atom is -0.368 e. The fourth-order valence-electron chi connectivity index (χ4n) is 1.15. The first kappa shape index (κ1) is 7.78. The van der Waals surface area contributed by atoms with Crippen molar-refractivity contribution in [1.82, 2.24) is 19.9 Å². The number of hydrogen-bond acceptors (Lipinski definition) is 5. The highest BCUT2D eigenvalue weighted by Crippen LogP contribution is 2.18. The molecule has 0 saturated carbocycles. The Morgan fingerprint density at radius 1 is 1.38 bits per heavy atom. The molecule has 6 nitrogen and oxygen atoms in total. The van der Waals surface area contributed by atoms with Gasteiger partial charge in [0.25, 0.3) is 0 Å². The zero-order chi connectivity index (χ0) is 9.42. The first-order valence-corrected chi connectivity index (χ1v) is 3.82. The van der Waals surface area contributed by atoms with Gasteiger partial charge in [-0.2, -0.15) is 9.97 Å². The molecule has 68 valence electrons. The van der Waals surface area contributed by atoms with Crippen LogP contribution in [0.2, 0.25) is 0 Å². The number of nitrogens with two attached hydrogens (primary N) is 1. The fourth-order valence-corrected chi connectivity index (χ4v) is 1.15. The maximum absolute atomic E-state index is 5.52. The van der Waals surface area contributed by atoms with Crippen molar-refractivity contribution < 1.29 is 0 Å². The third-order valence-electron chi connectivity index (χ3n) is 1.70. The molecule has 0 unspecified atom stereocenters. The van der Waals surface area contributed by atoms with E-state index in [1.165, 1.54) is 0 Å². The summed E-state index contributed by atoms with van der Waals surface area (Å²) in [6, 6.07) is 0. The summed E-state index contributed by atoms with van der Waals surface area (Å²) < 4.78 is 0. The van der Waals surface area contributed by atoms with Crippen LogP contribution in [0.5, 0.6) is 0 Å².